The number of hydrogen-bond donors (Lipinski definition) is 1. The summed E-state index contributed by atoms with van der Waals surface area (Å²) in [7, 11) is 0. The molecular formula is C17H21ClN2O4. The number of nitrogens with zero attached hydrogens (tertiary/aromatic N) is 1. The maximum atomic E-state index is 12.1. The van der Waals surface area contributed by atoms with Crippen molar-refractivity contribution in [2.75, 3.05) is 25.7 Å². The summed E-state index contributed by atoms with van der Waals surface area (Å²) in [6.07, 6.45) is 0.964. The zero-order valence-corrected chi connectivity index (χ0v) is 14.2. The molecule has 1 fully saturated rings. The van der Waals surface area contributed by atoms with Crippen LogP contribution in [0.4, 0.5) is 0 Å². The van der Waals surface area contributed by atoms with E-state index in [0.717, 1.165) is 11.3 Å². The van der Waals surface area contributed by atoms with Gasteiger partial charge in [-0.05, 0) is 18.1 Å². The molecule has 7 heteroatoms. The normalized spacial score (nSPS) is 20.8. The molecule has 0 aromatic heterocycles. The number of halogens is 1. The van der Waals surface area contributed by atoms with Gasteiger partial charge in [-0.1, -0.05) is 12.1 Å². The van der Waals surface area contributed by atoms with Gasteiger partial charge in [-0.25, -0.2) is 0 Å². The number of nitrogens with one attached hydrogen (secondary N) is 1. The molecule has 1 saturated heterocycles. The quantitative estimate of drug-likeness (QED) is 0.457. The molecule has 1 atom stereocenters. The Morgan fingerprint density at radius 1 is 1.21 bits per heavy atom. The van der Waals surface area contributed by atoms with Gasteiger partial charge in [0, 0.05) is 31.0 Å². The predicted molar refractivity (Wildman–Crippen MR) is 88.9 cm³/mol. The lowest BCUT2D eigenvalue weighted by molar-refractivity contribution is -0.137. The van der Waals surface area contributed by atoms with Crippen LogP contribution < -0.4 is 10.1 Å². The molecule has 2 heterocycles. The maximum Gasteiger partial charge on any atom is 0.243 e. The van der Waals surface area contributed by atoms with Crippen LogP contribution in [0.1, 0.15) is 24.0 Å². The Bertz CT molecular complexity index is 623. The molecule has 1 aromatic rings. The van der Waals surface area contributed by atoms with Crippen molar-refractivity contribution in [2.24, 2.45) is 0 Å². The van der Waals surface area contributed by atoms with E-state index in [1.165, 1.54) is 5.56 Å². The molecule has 2 aliphatic heterocycles. The van der Waals surface area contributed by atoms with Crippen LogP contribution in [0.2, 0.25) is 0 Å². The highest BCUT2D eigenvalue weighted by Gasteiger charge is 2.35. The zero-order chi connectivity index (χ0) is 16.9. The fourth-order valence-corrected chi connectivity index (χ4v) is 3.28. The first-order chi connectivity index (χ1) is 11.7. The molecule has 0 saturated carbocycles. The third-order valence-electron chi connectivity index (χ3n) is 4.32. The van der Waals surface area contributed by atoms with E-state index >= 15 is 0 Å². The molecule has 3 rings (SSSR count). The van der Waals surface area contributed by atoms with Crippen molar-refractivity contribution >= 4 is 23.4 Å². The van der Waals surface area contributed by atoms with E-state index < -0.39 is 0 Å². The number of fused-ring (bicyclic) bond motifs is 1. The number of benzene rings is 1. The first-order valence-electron chi connectivity index (χ1n) is 8.14. The highest BCUT2D eigenvalue weighted by molar-refractivity contribution is 6.17. The minimum absolute atomic E-state index is 0.186. The van der Waals surface area contributed by atoms with Gasteiger partial charge in [-0.2, -0.15) is 0 Å². The second-order valence-corrected chi connectivity index (χ2v) is 6.29. The van der Waals surface area contributed by atoms with Crippen LogP contribution in [-0.2, 0) is 27.4 Å². The number of carbonyl (C=O) groups is 2. The zero-order valence-electron chi connectivity index (χ0n) is 13.4. The molecule has 0 aliphatic carbocycles. The van der Waals surface area contributed by atoms with Gasteiger partial charge in [-0.15, -0.1) is 11.6 Å². The van der Waals surface area contributed by atoms with Crippen molar-refractivity contribution in [3.8, 4) is 5.75 Å². The first-order valence-corrected chi connectivity index (χ1v) is 8.67. The summed E-state index contributed by atoms with van der Waals surface area (Å²) in [6.45, 7) is 2.82. The van der Waals surface area contributed by atoms with E-state index in [4.69, 9.17) is 21.1 Å². The van der Waals surface area contributed by atoms with Gasteiger partial charge < -0.3 is 9.47 Å². The van der Waals surface area contributed by atoms with E-state index in [2.05, 4.69) is 16.3 Å². The van der Waals surface area contributed by atoms with Gasteiger partial charge in [0.05, 0.1) is 19.3 Å². The highest BCUT2D eigenvalue weighted by Crippen LogP contribution is 2.33. The van der Waals surface area contributed by atoms with Gasteiger partial charge in [0.2, 0.25) is 11.8 Å². The van der Waals surface area contributed by atoms with Gasteiger partial charge in [-0.3, -0.25) is 19.8 Å². The Kier molecular flexibility index (Phi) is 5.71. The summed E-state index contributed by atoms with van der Waals surface area (Å²) in [5.41, 5.74) is 2.28. The molecule has 2 amide bonds. The Morgan fingerprint density at radius 3 is 2.88 bits per heavy atom. The van der Waals surface area contributed by atoms with Crippen LogP contribution in [0.25, 0.3) is 0 Å². The largest absolute Gasteiger partial charge is 0.491 e. The van der Waals surface area contributed by atoms with Crippen LogP contribution >= 0.6 is 11.6 Å². The van der Waals surface area contributed by atoms with Crippen molar-refractivity contribution in [3.63, 3.8) is 0 Å². The lowest BCUT2D eigenvalue weighted by atomic mass is 10.0. The van der Waals surface area contributed by atoms with E-state index in [1.807, 2.05) is 12.1 Å². The number of piperidine rings is 1. The summed E-state index contributed by atoms with van der Waals surface area (Å²) in [5, 5.41) is 2.42. The average Bonchev–Trinajstić information content (AvgIpc) is 2.99. The SMILES string of the molecule is O=C1CCC(N2Cc3cccc(OCCOCCCl)c3C2)C(=O)N1. The lowest BCUT2D eigenvalue weighted by Gasteiger charge is -2.29. The highest BCUT2D eigenvalue weighted by atomic mass is 35.5. The molecule has 130 valence electrons. The Labute approximate surface area is 146 Å². The first kappa shape index (κ1) is 17.2. The fourth-order valence-electron chi connectivity index (χ4n) is 3.17. The van der Waals surface area contributed by atoms with E-state index in [-0.39, 0.29) is 17.9 Å². The third kappa shape index (κ3) is 3.88. The van der Waals surface area contributed by atoms with Crippen LogP contribution in [0.5, 0.6) is 5.75 Å². The summed E-state index contributed by atoms with van der Waals surface area (Å²) >= 11 is 5.56. The smallest absolute Gasteiger partial charge is 0.243 e. The Hall–Kier alpha value is -1.63. The topological polar surface area (TPSA) is 67.9 Å². The minimum atomic E-state index is -0.255. The minimum Gasteiger partial charge on any atom is -0.491 e. The number of carbonyl (C=O) groups excluding carboxylic acids is 2. The Morgan fingerprint density at radius 2 is 2.08 bits per heavy atom. The molecular weight excluding hydrogens is 332 g/mol. The summed E-state index contributed by atoms with van der Waals surface area (Å²) in [5.74, 6) is 0.920. The van der Waals surface area contributed by atoms with Crippen molar-refractivity contribution in [1.29, 1.82) is 0 Å². The molecule has 1 unspecified atom stereocenters. The molecule has 0 radical (unpaired) electrons. The predicted octanol–water partition coefficient (Wildman–Crippen LogP) is 1.44. The van der Waals surface area contributed by atoms with Gasteiger partial charge in [0.1, 0.15) is 12.4 Å². The van der Waals surface area contributed by atoms with Crippen molar-refractivity contribution in [3.05, 3.63) is 29.3 Å². The molecule has 1 N–H and O–H groups in total. The van der Waals surface area contributed by atoms with Crippen LogP contribution in [0.3, 0.4) is 0 Å². The summed E-state index contributed by atoms with van der Waals surface area (Å²) in [4.78, 5) is 25.5. The molecule has 24 heavy (non-hydrogen) atoms. The number of alkyl halides is 1. The van der Waals surface area contributed by atoms with E-state index in [0.29, 0.717) is 51.6 Å². The molecule has 1 aromatic carbocycles. The van der Waals surface area contributed by atoms with Crippen molar-refractivity contribution in [1.82, 2.24) is 10.2 Å². The van der Waals surface area contributed by atoms with Crippen molar-refractivity contribution < 1.29 is 19.1 Å². The second-order valence-electron chi connectivity index (χ2n) is 5.92. The fraction of sp³-hybridized carbons (Fsp3) is 0.529. The van der Waals surface area contributed by atoms with Gasteiger partial charge in [0.25, 0.3) is 0 Å². The summed E-state index contributed by atoms with van der Waals surface area (Å²) < 4.78 is 11.1. The maximum absolute atomic E-state index is 12.1. The molecule has 0 spiro atoms. The van der Waals surface area contributed by atoms with Crippen molar-refractivity contribution in [2.45, 2.75) is 32.0 Å². The summed E-state index contributed by atoms with van der Waals surface area (Å²) in [6, 6.07) is 5.70. The molecule has 6 nitrogen and oxygen atoms in total. The number of imide groups is 1. The molecule has 2 aliphatic rings. The third-order valence-corrected chi connectivity index (χ3v) is 4.48. The average molecular weight is 353 g/mol. The van der Waals surface area contributed by atoms with Crippen LogP contribution in [0.15, 0.2) is 18.2 Å². The monoisotopic (exact) mass is 352 g/mol. The van der Waals surface area contributed by atoms with Crippen LogP contribution in [-0.4, -0.2) is 48.5 Å². The van der Waals surface area contributed by atoms with Gasteiger partial charge in [0.15, 0.2) is 0 Å². The number of rotatable bonds is 7. The lowest BCUT2D eigenvalue weighted by Crippen LogP contribution is -2.50. The van der Waals surface area contributed by atoms with E-state index in [9.17, 15) is 9.59 Å². The van der Waals surface area contributed by atoms with Crippen LogP contribution in [0, 0.1) is 0 Å². The van der Waals surface area contributed by atoms with Gasteiger partial charge >= 0.3 is 0 Å². The molecule has 0 bridgehead atoms. The second kappa shape index (κ2) is 7.96. The number of hydrogen-bond acceptors (Lipinski definition) is 5. The standard InChI is InChI=1S/C17H21ClN2O4/c18-6-7-23-8-9-24-15-3-1-2-12-10-20(11-13(12)15)14-4-5-16(21)19-17(14)22/h1-3,14H,4-11H2,(H,19,21,22). The Balaban J connectivity index is 1.61. The number of ether oxygens (including phenoxy) is 2. The number of amides is 2. The van der Waals surface area contributed by atoms with E-state index in [1.54, 1.807) is 0 Å².